The number of ether oxygens (including phenoxy) is 4. The summed E-state index contributed by atoms with van der Waals surface area (Å²) in [4.78, 5) is 25.0. The van der Waals surface area contributed by atoms with Crippen molar-refractivity contribution in [2.75, 3.05) is 27.9 Å². The van der Waals surface area contributed by atoms with Gasteiger partial charge in [0.2, 0.25) is 0 Å². The van der Waals surface area contributed by atoms with E-state index in [0.29, 0.717) is 5.56 Å². The Kier molecular flexibility index (Phi) is 9.78. The molecular weight excluding hydrogens is 623 g/mol. The normalized spacial score (nSPS) is 12.6. The number of nitrogens with zero attached hydrogens (tertiary/aromatic N) is 1. The minimum Gasteiger partial charge on any atom is -0.497 e. The molecule has 45 heavy (non-hydrogen) atoms. The number of aromatic nitrogens is 1. The number of methoxy groups -OCH3 is 3. The number of carbonyl (C=O) groups excluding carboxylic acids is 1. The van der Waals surface area contributed by atoms with Gasteiger partial charge in [0.1, 0.15) is 17.2 Å². The molecule has 0 N–H and O–H groups in total. The third-order valence-electron chi connectivity index (χ3n) is 7.34. The fraction of sp³-hybridized carbons (Fsp3) is 0.222. The van der Waals surface area contributed by atoms with E-state index < -0.39 is 0 Å². The van der Waals surface area contributed by atoms with E-state index in [1.54, 1.807) is 56.6 Å². The van der Waals surface area contributed by atoms with Gasteiger partial charge in [0.05, 0.1) is 44.7 Å². The standard InChI is InChI=1S/C36H33NO5S3/c1-5-42-36(38)32-33(22-6-7-22)37-29-20-21-30(43-26-14-8-23(39-2)9-15-26)34(44-27-16-10-24(40-3)11-17-27)31(29)35(32)45-28-18-12-25(41-4)13-19-28/h8-22H,5-7H2,1-4H3. The van der Waals surface area contributed by atoms with Crippen LogP contribution in [0.4, 0.5) is 0 Å². The minimum atomic E-state index is -0.335. The highest BCUT2D eigenvalue weighted by molar-refractivity contribution is 8.02. The first-order valence-electron chi connectivity index (χ1n) is 14.6. The number of hydrogen-bond acceptors (Lipinski definition) is 9. The Hall–Kier alpha value is -3.79. The number of carbonyl (C=O) groups is 1. The second-order valence-corrected chi connectivity index (χ2v) is 13.6. The molecule has 0 radical (unpaired) electrons. The van der Waals surface area contributed by atoms with Gasteiger partial charge in [0.15, 0.2) is 0 Å². The van der Waals surface area contributed by atoms with E-state index in [0.717, 1.165) is 76.1 Å². The third-order valence-corrected chi connectivity index (χ3v) is 10.8. The van der Waals surface area contributed by atoms with Gasteiger partial charge in [-0.25, -0.2) is 4.79 Å². The maximum absolute atomic E-state index is 13.8. The molecule has 6 nitrogen and oxygen atoms in total. The van der Waals surface area contributed by atoms with E-state index in [-0.39, 0.29) is 18.5 Å². The molecule has 1 heterocycles. The number of pyridine rings is 1. The summed E-state index contributed by atoms with van der Waals surface area (Å²) in [6, 6.07) is 28.2. The van der Waals surface area contributed by atoms with E-state index in [9.17, 15) is 4.79 Å². The maximum atomic E-state index is 13.8. The van der Waals surface area contributed by atoms with Crippen LogP contribution < -0.4 is 14.2 Å². The highest BCUT2D eigenvalue weighted by atomic mass is 32.2. The monoisotopic (exact) mass is 655 g/mol. The van der Waals surface area contributed by atoms with E-state index >= 15 is 0 Å². The fourth-order valence-electron chi connectivity index (χ4n) is 4.92. The molecule has 1 saturated carbocycles. The first kappa shape index (κ1) is 31.2. The predicted octanol–water partition coefficient (Wildman–Crippen LogP) is 9.77. The van der Waals surface area contributed by atoms with Crippen LogP contribution in [0.2, 0.25) is 0 Å². The van der Waals surface area contributed by atoms with Crippen LogP contribution in [0, 0.1) is 0 Å². The highest BCUT2D eigenvalue weighted by Gasteiger charge is 2.34. The quantitative estimate of drug-likeness (QED) is 0.122. The molecule has 0 saturated heterocycles. The molecule has 0 aliphatic heterocycles. The molecule has 1 fully saturated rings. The number of rotatable bonds is 12. The molecule has 0 unspecified atom stereocenters. The molecule has 230 valence electrons. The second kappa shape index (κ2) is 14.1. The Morgan fingerprint density at radius 2 is 1.18 bits per heavy atom. The van der Waals surface area contributed by atoms with Gasteiger partial charge in [-0.3, -0.25) is 4.98 Å². The van der Waals surface area contributed by atoms with Gasteiger partial charge in [0.25, 0.3) is 0 Å². The molecular formula is C36H33NO5S3. The van der Waals surface area contributed by atoms with Gasteiger partial charge in [-0.1, -0.05) is 35.3 Å². The van der Waals surface area contributed by atoms with Crippen LogP contribution in [-0.2, 0) is 4.74 Å². The molecule has 0 atom stereocenters. The summed E-state index contributed by atoms with van der Waals surface area (Å²) in [5, 5.41) is 0.933. The van der Waals surface area contributed by atoms with E-state index in [4.69, 9.17) is 23.9 Å². The predicted molar refractivity (Wildman–Crippen MR) is 181 cm³/mol. The molecule has 0 bridgehead atoms. The number of benzene rings is 4. The summed E-state index contributed by atoms with van der Waals surface area (Å²) in [7, 11) is 4.99. The van der Waals surface area contributed by atoms with Gasteiger partial charge in [-0.05, 0) is 105 Å². The molecule has 1 aromatic heterocycles. The van der Waals surface area contributed by atoms with Crippen molar-refractivity contribution in [3.63, 3.8) is 0 Å². The van der Waals surface area contributed by atoms with Crippen molar-refractivity contribution in [1.29, 1.82) is 0 Å². The van der Waals surface area contributed by atoms with E-state index in [2.05, 4.69) is 36.4 Å². The van der Waals surface area contributed by atoms with Crippen LogP contribution in [0.15, 0.2) is 114 Å². The zero-order valence-electron chi connectivity index (χ0n) is 25.5. The first-order valence-corrected chi connectivity index (χ1v) is 17.1. The average molecular weight is 656 g/mol. The molecule has 1 aliphatic carbocycles. The Morgan fingerprint density at radius 1 is 0.689 bits per heavy atom. The maximum Gasteiger partial charge on any atom is 0.341 e. The lowest BCUT2D eigenvalue weighted by molar-refractivity contribution is 0.0520. The smallest absolute Gasteiger partial charge is 0.341 e. The SMILES string of the molecule is CCOC(=O)c1c(C2CC2)nc2ccc(Sc3ccc(OC)cc3)c(Sc3ccc(OC)cc3)c2c1Sc1ccc(OC)cc1. The van der Waals surface area contributed by atoms with Gasteiger partial charge < -0.3 is 18.9 Å². The van der Waals surface area contributed by atoms with Crippen molar-refractivity contribution >= 4 is 52.2 Å². The molecule has 6 rings (SSSR count). The van der Waals surface area contributed by atoms with Gasteiger partial charge in [-0.2, -0.15) is 0 Å². The topological polar surface area (TPSA) is 66.9 Å². The van der Waals surface area contributed by atoms with Crippen molar-refractivity contribution in [3.8, 4) is 17.2 Å². The molecule has 0 spiro atoms. The van der Waals surface area contributed by atoms with Crippen LogP contribution in [0.25, 0.3) is 10.9 Å². The van der Waals surface area contributed by atoms with Crippen LogP contribution in [0.5, 0.6) is 17.2 Å². The van der Waals surface area contributed by atoms with Crippen LogP contribution in [0.3, 0.4) is 0 Å². The van der Waals surface area contributed by atoms with Crippen LogP contribution in [0.1, 0.15) is 41.7 Å². The van der Waals surface area contributed by atoms with Gasteiger partial charge >= 0.3 is 5.97 Å². The second-order valence-electron chi connectivity index (χ2n) is 10.3. The highest BCUT2D eigenvalue weighted by Crippen LogP contribution is 2.51. The molecule has 1 aliphatic rings. The lowest BCUT2D eigenvalue weighted by atomic mass is 10.1. The Morgan fingerprint density at radius 3 is 1.64 bits per heavy atom. The minimum absolute atomic E-state index is 0.245. The van der Waals surface area contributed by atoms with Crippen molar-refractivity contribution in [2.24, 2.45) is 0 Å². The molecule has 9 heteroatoms. The molecule has 0 amide bonds. The molecule has 5 aromatic rings. The van der Waals surface area contributed by atoms with Crippen molar-refractivity contribution in [1.82, 2.24) is 4.98 Å². The summed E-state index contributed by atoms with van der Waals surface area (Å²) in [5.41, 5.74) is 2.25. The summed E-state index contributed by atoms with van der Waals surface area (Å²) in [6.07, 6.45) is 2.02. The van der Waals surface area contributed by atoms with Gasteiger partial charge in [0, 0.05) is 40.7 Å². The summed E-state index contributed by atoms with van der Waals surface area (Å²) in [6.45, 7) is 2.13. The first-order chi connectivity index (χ1) is 22.0. The largest absolute Gasteiger partial charge is 0.497 e. The number of fused-ring (bicyclic) bond motifs is 1. The van der Waals surface area contributed by atoms with Crippen LogP contribution >= 0.6 is 35.3 Å². The van der Waals surface area contributed by atoms with E-state index in [1.807, 2.05) is 55.5 Å². The lowest BCUT2D eigenvalue weighted by Crippen LogP contribution is -2.12. The summed E-state index contributed by atoms with van der Waals surface area (Å²) >= 11 is 4.90. The average Bonchev–Trinajstić information content (AvgIpc) is 3.92. The Balaban J connectivity index is 1.60. The summed E-state index contributed by atoms with van der Waals surface area (Å²) < 4.78 is 21.9. The summed E-state index contributed by atoms with van der Waals surface area (Å²) in [5.74, 6) is 2.28. The zero-order valence-corrected chi connectivity index (χ0v) is 27.9. The third kappa shape index (κ3) is 7.06. The van der Waals surface area contributed by atoms with Gasteiger partial charge in [-0.15, -0.1) is 0 Å². The fourth-order valence-corrected chi connectivity index (χ4v) is 8.19. The zero-order chi connectivity index (χ0) is 31.3. The number of hydrogen-bond donors (Lipinski definition) is 0. The van der Waals surface area contributed by atoms with Crippen molar-refractivity contribution < 1.29 is 23.7 Å². The Labute approximate surface area is 276 Å². The number of esters is 1. The van der Waals surface area contributed by atoms with E-state index in [1.165, 1.54) is 0 Å². The lowest BCUT2D eigenvalue weighted by Gasteiger charge is -2.20. The molecule has 4 aromatic carbocycles. The van der Waals surface area contributed by atoms with Crippen molar-refractivity contribution in [3.05, 3.63) is 96.2 Å². The van der Waals surface area contributed by atoms with Crippen LogP contribution in [-0.4, -0.2) is 38.9 Å². The van der Waals surface area contributed by atoms with Crippen molar-refractivity contribution in [2.45, 2.75) is 55.1 Å². The Bertz CT molecular complexity index is 1810.